The average Bonchev–Trinajstić information content (AvgIpc) is 3.17. The number of nitrogens with one attached hydrogen (secondary N) is 1. The van der Waals surface area contributed by atoms with Crippen molar-refractivity contribution in [1.29, 1.82) is 0 Å². The SMILES string of the molecule is COc1ccc(OC)c([C@@H]2C=C(c3ccc(C)c(C)c3)Nc3ncnn32)c1. The van der Waals surface area contributed by atoms with Gasteiger partial charge in [-0.3, -0.25) is 0 Å². The molecule has 2 heterocycles. The lowest BCUT2D eigenvalue weighted by atomic mass is 9.98. The van der Waals surface area contributed by atoms with Crippen molar-refractivity contribution < 1.29 is 9.47 Å². The summed E-state index contributed by atoms with van der Waals surface area (Å²) in [4.78, 5) is 4.37. The molecule has 2 aromatic carbocycles. The fraction of sp³-hybridized carbons (Fsp3) is 0.238. The molecule has 0 saturated heterocycles. The average molecular weight is 362 g/mol. The molecular formula is C21H22N4O2. The molecule has 0 radical (unpaired) electrons. The molecule has 0 bridgehead atoms. The lowest BCUT2D eigenvalue weighted by Crippen LogP contribution is -2.20. The Balaban J connectivity index is 1.86. The predicted molar refractivity (Wildman–Crippen MR) is 105 cm³/mol. The number of allylic oxidation sites excluding steroid dienone is 1. The lowest BCUT2D eigenvalue weighted by Gasteiger charge is -2.26. The molecule has 0 amide bonds. The highest BCUT2D eigenvalue weighted by Crippen LogP contribution is 2.37. The van der Waals surface area contributed by atoms with Crippen LogP contribution in [-0.2, 0) is 0 Å². The lowest BCUT2D eigenvalue weighted by molar-refractivity contribution is 0.394. The van der Waals surface area contributed by atoms with Crippen LogP contribution in [0.3, 0.4) is 0 Å². The molecule has 4 rings (SSSR count). The Morgan fingerprint density at radius 3 is 2.59 bits per heavy atom. The first-order valence-electron chi connectivity index (χ1n) is 8.78. The van der Waals surface area contributed by atoms with Crippen LogP contribution >= 0.6 is 0 Å². The third-order valence-electron chi connectivity index (χ3n) is 4.98. The largest absolute Gasteiger partial charge is 0.497 e. The second-order valence-corrected chi connectivity index (χ2v) is 6.59. The van der Waals surface area contributed by atoms with Gasteiger partial charge in [-0.25, -0.2) is 4.68 Å². The molecule has 27 heavy (non-hydrogen) atoms. The van der Waals surface area contributed by atoms with E-state index in [1.165, 1.54) is 11.1 Å². The molecule has 1 aliphatic heterocycles. The monoisotopic (exact) mass is 362 g/mol. The van der Waals surface area contributed by atoms with Gasteiger partial charge in [-0.05, 0) is 60.9 Å². The molecule has 6 nitrogen and oxygen atoms in total. The number of nitrogens with zero attached hydrogens (tertiary/aromatic N) is 3. The van der Waals surface area contributed by atoms with Gasteiger partial charge in [0.05, 0.1) is 14.2 Å². The second kappa shape index (κ2) is 6.79. The van der Waals surface area contributed by atoms with Crippen molar-refractivity contribution in [3.8, 4) is 11.5 Å². The molecule has 1 N–H and O–H groups in total. The summed E-state index contributed by atoms with van der Waals surface area (Å²) in [5, 5.41) is 7.79. The molecule has 1 atom stereocenters. The van der Waals surface area contributed by atoms with Crippen LogP contribution in [0.15, 0.2) is 48.8 Å². The number of anilines is 1. The third kappa shape index (κ3) is 3.03. The number of hydrogen-bond donors (Lipinski definition) is 1. The smallest absolute Gasteiger partial charge is 0.226 e. The molecule has 6 heteroatoms. The van der Waals surface area contributed by atoms with E-state index < -0.39 is 0 Å². The summed E-state index contributed by atoms with van der Waals surface area (Å²) in [6.07, 6.45) is 3.70. The van der Waals surface area contributed by atoms with E-state index in [2.05, 4.69) is 53.5 Å². The Labute approximate surface area is 158 Å². The van der Waals surface area contributed by atoms with E-state index in [1.54, 1.807) is 20.5 Å². The summed E-state index contributed by atoms with van der Waals surface area (Å²) < 4.78 is 12.9. The van der Waals surface area contributed by atoms with Crippen LogP contribution in [0.25, 0.3) is 5.70 Å². The van der Waals surface area contributed by atoms with Crippen molar-refractivity contribution in [2.75, 3.05) is 19.5 Å². The summed E-state index contributed by atoms with van der Waals surface area (Å²) in [7, 11) is 3.33. The molecule has 0 aliphatic carbocycles. The molecule has 138 valence electrons. The fourth-order valence-electron chi connectivity index (χ4n) is 3.30. The quantitative estimate of drug-likeness (QED) is 0.761. The molecule has 0 unspecified atom stereocenters. The topological polar surface area (TPSA) is 61.2 Å². The minimum Gasteiger partial charge on any atom is -0.497 e. The van der Waals surface area contributed by atoms with Crippen LogP contribution < -0.4 is 14.8 Å². The number of aryl methyl sites for hydroxylation is 2. The number of benzene rings is 2. The number of fused-ring (bicyclic) bond motifs is 1. The van der Waals surface area contributed by atoms with Crippen molar-refractivity contribution in [2.24, 2.45) is 0 Å². The van der Waals surface area contributed by atoms with Crippen molar-refractivity contribution in [2.45, 2.75) is 19.9 Å². The van der Waals surface area contributed by atoms with Gasteiger partial charge in [0, 0.05) is 11.3 Å². The van der Waals surface area contributed by atoms with Gasteiger partial charge in [-0.2, -0.15) is 10.1 Å². The number of rotatable bonds is 4. The second-order valence-electron chi connectivity index (χ2n) is 6.59. The summed E-state index contributed by atoms with van der Waals surface area (Å²) in [6.45, 7) is 4.23. The highest BCUT2D eigenvalue weighted by atomic mass is 16.5. The van der Waals surface area contributed by atoms with E-state index in [0.717, 1.165) is 28.3 Å². The summed E-state index contributed by atoms with van der Waals surface area (Å²) >= 11 is 0. The van der Waals surface area contributed by atoms with Gasteiger partial charge in [0.25, 0.3) is 0 Å². The molecule has 0 saturated carbocycles. The number of methoxy groups -OCH3 is 2. The number of aromatic nitrogens is 3. The number of ether oxygens (including phenoxy) is 2. The summed E-state index contributed by atoms with van der Waals surface area (Å²) in [5.41, 5.74) is 5.58. The van der Waals surface area contributed by atoms with E-state index in [9.17, 15) is 0 Å². The Hall–Kier alpha value is -3.28. The Bertz CT molecular complexity index is 1020. The third-order valence-corrected chi connectivity index (χ3v) is 4.98. The first kappa shape index (κ1) is 17.1. The van der Waals surface area contributed by atoms with E-state index >= 15 is 0 Å². The van der Waals surface area contributed by atoms with Crippen LogP contribution in [0.5, 0.6) is 11.5 Å². The molecule has 1 aromatic heterocycles. The molecule has 0 spiro atoms. The highest BCUT2D eigenvalue weighted by Gasteiger charge is 2.26. The molecular weight excluding hydrogens is 340 g/mol. The Morgan fingerprint density at radius 2 is 1.85 bits per heavy atom. The van der Waals surface area contributed by atoms with Gasteiger partial charge in [0.15, 0.2) is 0 Å². The van der Waals surface area contributed by atoms with E-state index in [4.69, 9.17) is 9.47 Å². The van der Waals surface area contributed by atoms with Crippen LogP contribution in [0.1, 0.15) is 28.3 Å². The van der Waals surface area contributed by atoms with Crippen LogP contribution in [-0.4, -0.2) is 29.0 Å². The zero-order valence-electron chi connectivity index (χ0n) is 15.9. The maximum atomic E-state index is 5.60. The summed E-state index contributed by atoms with van der Waals surface area (Å²) in [6, 6.07) is 12.1. The molecule has 0 fully saturated rings. The van der Waals surface area contributed by atoms with Crippen LogP contribution in [0.4, 0.5) is 5.95 Å². The predicted octanol–water partition coefficient (Wildman–Crippen LogP) is 3.97. The van der Waals surface area contributed by atoms with Crippen molar-refractivity contribution in [1.82, 2.24) is 14.8 Å². The maximum Gasteiger partial charge on any atom is 0.226 e. The van der Waals surface area contributed by atoms with Crippen LogP contribution in [0.2, 0.25) is 0 Å². The highest BCUT2D eigenvalue weighted by molar-refractivity contribution is 5.77. The maximum absolute atomic E-state index is 5.60. The van der Waals surface area contributed by atoms with E-state index in [1.807, 2.05) is 22.9 Å². The van der Waals surface area contributed by atoms with Crippen LogP contribution in [0, 0.1) is 13.8 Å². The van der Waals surface area contributed by atoms with Gasteiger partial charge in [-0.15, -0.1) is 0 Å². The van der Waals surface area contributed by atoms with E-state index in [-0.39, 0.29) is 6.04 Å². The molecule has 3 aromatic rings. The van der Waals surface area contributed by atoms with Crippen molar-refractivity contribution in [3.63, 3.8) is 0 Å². The Morgan fingerprint density at radius 1 is 1.00 bits per heavy atom. The standard InChI is InChI=1S/C21H22N4O2/c1-13-5-6-15(9-14(13)2)18-11-19(25-21(24-18)22-12-23-25)17-10-16(26-3)7-8-20(17)27-4/h5-12,19H,1-4H3,(H,22,23,24)/t19-/m0/s1. The van der Waals surface area contributed by atoms with Gasteiger partial charge >= 0.3 is 0 Å². The zero-order chi connectivity index (χ0) is 19.0. The van der Waals surface area contributed by atoms with Gasteiger partial charge in [-0.1, -0.05) is 12.1 Å². The minimum atomic E-state index is -0.162. The van der Waals surface area contributed by atoms with Crippen molar-refractivity contribution >= 4 is 11.6 Å². The normalized spacial score (nSPS) is 15.6. The van der Waals surface area contributed by atoms with Gasteiger partial charge in [0.2, 0.25) is 5.95 Å². The minimum absolute atomic E-state index is 0.162. The fourth-order valence-corrected chi connectivity index (χ4v) is 3.30. The Kier molecular flexibility index (Phi) is 4.32. The van der Waals surface area contributed by atoms with Crippen molar-refractivity contribution in [3.05, 3.63) is 71.1 Å². The number of hydrogen-bond acceptors (Lipinski definition) is 5. The van der Waals surface area contributed by atoms with E-state index in [0.29, 0.717) is 5.95 Å². The van der Waals surface area contributed by atoms with Gasteiger partial charge < -0.3 is 14.8 Å². The first-order chi connectivity index (χ1) is 13.1. The first-order valence-corrected chi connectivity index (χ1v) is 8.78. The molecule has 1 aliphatic rings. The van der Waals surface area contributed by atoms with Gasteiger partial charge in [0.1, 0.15) is 23.9 Å². The zero-order valence-corrected chi connectivity index (χ0v) is 15.9. The summed E-state index contributed by atoms with van der Waals surface area (Å²) in [5.74, 6) is 2.24.